The third kappa shape index (κ3) is 6.22. The van der Waals surface area contributed by atoms with E-state index in [1.165, 1.54) is 6.08 Å². The summed E-state index contributed by atoms with van der Waals surface area (Å²) in [5.74, 6) is -0.746. The van der Waals surface area contributed by atoms with Crippen LogP contribution in [0.2, 0.25) is 0 Å². The number of halogens is 3. The molecule has 0 atom stereocenters. The molecular weight excluding hydrogens is 678 g/mol. The maximum absolute atomic E-state index is 13.2. The lowest BCUT2D eigenvalue weighted by molar-refractivity contribution is 0.104. The first kappa shape index (κ1) is 22.6. The van der Waals surface area contributed by atoms with Crippen molar-refractivity contribution in [2.45, 2.75) is 5.75 Å². The van der Waals surface area contributed by atoms with Crippen molar-refractivity contribution in [3.8, 4) is 0 Å². The fourth-order valence-corrected chi connectivity index (χ4v) is 5.11. The minimum Gasteiger partial charge on any atom is -0.288 e. The summed E-state index contributed by atoms with van der Waals surface area (Å²) in [7, 11) is -3.86. The lowest BCUT2D eigenvalue weighted by Crippen LogP contribution is -2.16. The SMILES string of the molecule is O=C(/C(=C/c1ccc(I)cc1)S(=O)(=O)Cc1ccc(I)cc1)c1ccc(Br)cc1. The van der Waals surface area contributed by atoms with Crippen molar-refractivity contribution in [3.63, 3.8) is 0 Å². The van der Waals surface area contributed by atoms with Gasteiger partial charge in [0.15, 0.2) is 9.84 Å². The van der Waals surface area contributed by atoms with Crippen molar-refractivity contribution in [2.24, 2.45) is 0 Å². The summed E-state index contributed by atoms with van der Waals surface area (Å²) in [5.41, 5.74) is 1.63. The molecule has 3 nitrogen and oxygen atoms in total. The standard InChI is InChI=1S/C22H15BrI2O3S/c23-18-7-5-17(6-8-18)22(26)21(13-15-1-9-19(24)10-2-15)29(27,28)14-16-3-11-20(25)12-4-16/h1-13H,14H2/b21-13-. The Morgan fingerprint density at radius 3 is 1.90 bits per heavy atom. The lowest BCUT2D eigenvalue weighted by atomic mass is 10.1. The Balaban J connectivity index is 2.05. The van der Waals surface area contributed by atoms with Gasteiger partial charge in [0.05, 0.1) is 5.75 Å². The number of carbonyl (C=O) groups is 1. The van der Waals surface area contributed by atoms with Crippen molar-refractivity contribution < 1.29 is 13.2 Å². The van der Waals surface area contributed by atoms with Crippen molar-refractivity contribution in [3.05, 3.63) is 106 Å². The third-order valence-electron chi connectivity index (χ3n) is 4.10. The van der Waals surface area contributed by atoms with Crippen molar-refractivity contribution in [1.82, 2.24) is 0 Å². The summed E-state index contributed by atoms with van der Waals surface area (Å²) in [6.07, 6.45) is 1.46. The average Bonchev–Trinajstić information content (AvgIpc) is 2.69. The minimum atomic E-state index is -3.86. The number of benzene rings is 3. The Labute approximate surface area is 205 Å². The summed E-state index contributed by atoms with van der Waals surface area (Å²) in [6.45, 7) is 0. The maximum Gasteiger partial charge on any atom is 0.204 e. The highest BCUT2D eigenvalue weighted by Gasteiger charge is 2.26. The Morgan fingerprint density at radius 2 is 1.34 bits per heavy atom. The van der Waals surface area contributed by atoms with E-state index in [1.807, 2.05) is 24.3 Å². The molecule has 0 saturated carbocycles. The summed E-state index contributed by atoms with van der Waals surface area (Å²) in [5, 5.41) is 0. The van der Waals surface area contributed by atoms with Crippen molar-refractivity contribution >= 4 is 82.8 Å². The Kier molecular flexibility index (Phi) is 7.69. The van der Waals surface area contributed by atoms with Crippen LogP contribution in [0.4, 0.5) is 0 Å². The molecule has 0 aromatic heterocycles. The van der Waals surface area contributed by atoms with Gasteiger partial charge in [-0.05, 0) is 111 Å². The van der Waals surface area contributed by atoms with E-state index in [4.69, 9.17) is 0 Å². The molecule has 0 amide bonds. The second-order valence-electron chi connectivity index (χ2n) is 6.28. The molecule has 0 aliphatic rings. The van der Waals surface area contributed by atoms with E-state index in [9.17, 15) is 13.2 Å². The number of Topliss-reactive ketones (excluding diaryl/α,β-unsaturated/α-hetero) is 1. The predicted octanol–water partition coefficient (Wildman–Crippen LogP) is 6.50. The van der Waals surface area contributed by atoms with Gasteiger partial charge in [-0.2, -0.15) is 0 Å². The summed E-state index contributed by atoms with van der Waals surface area (Å²) < 4.78 is 29.3. The van der Waals surface area contributed by atoms with E-state index < -0.39 is 15.6 Å². The van der Waals surface area contributed by atoms with Gasteiger partial charge in [0.2, 0.25) is 5.78 Å². The van der Waals surface area contributed by atoms with Gasteiger partial charge >= 0.3 is 0 Å². The normalized spacial score (nSPS) is 12.0. The van der Waals surface area contributed by atoms with Crippen molar-refractivity contribution in [1.29, 1.82) is 0 Å². The zero-order chi connectivity index (χ0) is 21.0. The number of sulfone groups is 1. The Morgan fingerprint density at radius 1 is 0.828 bits per heavy atom. The van der Waals surface area contributed by atoms with Crippen molar-refractivity contribution in [2.75, 3.05) is 0 Å². The van der Waals surface area contributed by atoms with Crippen LogP contribution in [-0.4, -0.2) is 14.2 Å². The van der Waals surface area contributed by atoms with Crippen LogP contribution in [0.1, 0.15) is 21.5 Å². The average molecular weight is 693 g/mol. The van der Waals surface area contributed by atoms with E-state index in [2.05, 4.69) is 61.1 Å². The predicted molar refractivity (Wildman–Crippen MR) is 137 cm³/mol. The molecule has 3 aromatic rings. The number of hydrogen-bond donors (Lipinski definition) is 0. The summed E-state index contributed by atoms with van der Waals surface area (Å²) in [4.78, 5) is 12.9. The van der Waals surface area contributed by atoms with Crippen LogP contribution >= 0.6 is 61.1 Å². The van der Waals surface area contributed by atoms with Crippen LogP contribution in [-0.2, 0) is 15.6 Å². The number of hydrogen-bond acceptors (Lipinski definition) is 3. The van der Waals surface area contributed by atoms with Gasteiger partial charge in [-0.1, -0.05) is 40.2 Å². The van der Waals surface area contributed by atoms with Gasteiger partial charge < -0.3 is 0 Å². The molecule has 0 heterocycles. The quantitative estimate of drug-likeness (QED) is 0.169. The van der Waals surface area contributed by atoms with E-state index >= 15 is 0 Å². The van der Waals surface area contributed by atoms with Gasteiger partial charge in [0, 0.05) is 17.2 Å². The number of carbonyl (C=O) groups excluding carboxylic acids is 1. The van der Waals surface area contributed by atoms with Crippen LogP contribution in [0.25, 0.3) is 6.08 Å². The molecule has 29 heavy (non-hydrogen) atoms. The molecule has 0 radical (unpaired) electrons. The smallest absolute Gasteiger partial charge is 0.204 e. The highest BCUT2D eigenvalue weighted by molar-refractivity contribution is 14.1. The maximum atomic E-state index is 13.2. The Bertz CT molecular complexity index is 1150. The fourth-order valence-electron chi connectivity index (χ4n) is 2.63. The topological polar surface area (TPSA) is 51.2 Å². The van der Waals surface area contributed by atoms with E-state index in [1.54, 1.807) is 48.5 Å². The van der Waals surface area contributed by atoms with Gasteiger partial charge in [-0.25, -0.2) is 8.42 Å². The first-order valence-electron chi connectivity index (χ1n) is 8.49. The van der Waals surface area contributed by atoms with Crippen LogP contribution in [0.15, 0.2) is 82.2 Å². The van der Waals surface area contributed by atoms with Crippen LogP contribution in [0, 0.1) is 7.14 Å². The molecular formula is C22H15BrI2O3S. The fraction of sp³-hybridized carbons (Fsp3) is 0.0455. The van der Waals surface area contributed by atoms with Crippen LogP contribution in [0.5, 0.6) is 0 Å². The molecule has 0 unspecified atom stereocenters. The van der Waals surface area contributed by atoms with E-state index in [-0.39, 0.29) is 10.7 Å². The molecule has 0 aliphatic carbocycles. The number of rotatable bonds is 6. The summed E-state index contributed by atoms with van der Waals surface area (Å²) in [6, 6.07) is 21.3. The molecule has 0 aliphatic heterocycles. The third-order valence-corrected chi connectivity index (χ3v) is 7.76. The molecule has 7 heteroatoms. The summed E-state index contributed by atoms with van der Waals surface area (Å²) >= 11 is 7.68. The molecule has 0 bridgehead atoms. The molecule has 3 rings (SSSR count). The highest BCUT2D eigenvalue weighted by Crippen LogP contribution is 2.24. The zero-order valence-corrected chi connectivity index (χ0v) is 21.7. The van der Waals surface area contributed by atoms with Gasteiger partial charge in [0.1, 0.15) is 4.91 Å². The highest BCUT2D eigenvalue weighted by atomic mass is 127. The van der Waals surface area contributed by atoms with Gasteiger partial charge in [-0.15, -0.1) is 0 Å². The number of allylic oxidation sites excluding steroid dienone is 1. The second-order valence-corrected chi connectivity index (χ2v) is 11.6. The van der Waals surface area contributed by atoms with Crippen LogP contribution in [0.3, 0.4) is 0 Å². The first-order valence-corrected chi connectivity index (χ1v) is 13.1. The van der Waals surface area contributed by atoms with Gasteiger partial charge in [-0.3, -0.25) is 4.79 Å². The lowest BCUT2D eigenvalue weighted by Gasteiger charge is -2.10. The molecule has 3 aromatic carbocycles. The minimum absolute atomic E-state index is 0.209. The molecule has 0 saturated heterocycles. The Hall–Kier alpha value is -1.04. The van der Waals surface area contributed by atoms with Crippen LogP contribution < -0.4 is 0 Å². The molecule has 0 fully saturated rings. The van der Waals surface area contributed by atoms with Gasteiger partial charge in [0.25, 0.3) is 0 Å². The molecule has 0 spiro atoms. The first-order chi connectivity index (χ1) is 13.7. The molecule has 148 valence electrons. The molecule has 0 N–H and O–H groups in total. The zero-order valence-electron chi connectivity index (χ0n) is 15.0. The largest absolute Gasteiger partial charge is 0.288 e. The second kappa shape index (κ2) is 9.84. The van der Waals surface area contributed by atoms with E-state index in [0.29, 0.717) is 16.7 Å². The monoisotopic (exact) mass is 692 g/mol. The van der Waals surface area contributed by atoms with E-state index in [0.717, 1.165) is 11.6 Å². The number of ketones is 1.